The van der Waals surface area contributed by atoms with Gasteiger partial charge in [-0.25, -0.2) is 4.79 Å². The van der Waals surface area contributed by atoms with Crippen molar-refractivity contribution in [3.8, 4) is 0 Å². The molecule has 0 bridgehead atoms. The van der Waals surface area contributed by atoms with Gasteiger partial charge in [0.1, 0.15) is 0 Å². The van der Waals surface area contributed by atoms with Crippen molar-refractivity contribution in [1.29, 1.82) is 0 Å². The molecule has 1 heterocycles. The molecule has 0 saturated carbocycles. The molecule has 5 heteroatoms. The van der Waals surface area contributed by atoms with Crippen LogP contribution in [0.5, 0.6) is 0 Å². The van der Waals surface area contributed by atoms with Gasteiger partial charge in [0.05, 0.1) is 5.57 Å². The molecule has 1 saturated heterocycles. The summed E-state index contributed by atoms with van der Waals surface area (Å²) >= 11 is 0. The fourth-order valence-corrected chi connectivity index (χ4v) is 1.67. The number of nitrogens with zero attached hydrogens (tertiary/aromatic N) is 1. The monoisotopic (exact) mass is 247 g/mol. The molecule has 2 amide bonds. The topological polar surface area (TPSA) is 63.7 Å². The highest BCUT2D eigenvalue weighted by atomic mass is 16.7. The van der Waals surface area contributed by atoms with E-state index in [2.05, 4.69) is 0 Å². The molecule has 2 rings (SSSR count). The second kappa shape index (κ2) is 5.44. The zero-order valence-corrected chi connectivity index (χ0v) is 9.80. The van der Waals surface area contributed by atoms with E-state index in [0.717, 1.165) is 6.42 Å². The van der Waals surface area contributed by atoms with Crippen LogP contribution in [0.4, 0.5) is 0 Å². The molecule has 2 aliphatic rings. The van der Waals surface area contributed by atoms with Crippen molar-refractivity contribution in [2.45, 2.75) is 25.7 Å². The number of imide groups is 1. The zero-order chi connectivity index (χ0) is 13.0. The van der Waals surface area contributed by atoms with Crippen molar-refractivity contribution < 1.29 is 19.2 Å². The number of allylic oxidation sites excluding steroid dienone is 4. The van der Waals surface area contributed by atoms with Crippen LogP contribution in [0.3, 0.4) is 0 Å². The van der Waals surface area contributed by atoms with Crippen molar-refractivity contribution in [2.75, 3.05) is 0 Å². The quantitative estimate of drug-likeness (QED) is 0.547. The second-order valence-corrected chi connectivity index (χ2v) is 3.97. The number of hydrogen-bond acceptors (Lipinski definition) is 4. The number of hydroxylamine groups is 2. The first-order valence-corrected chi connectivity index (χ1v) is 5.78. The predicted octanol–water partition coefficient (Wildman–Crippen LogP) is 1.43. The van der Waals surface area contributed by atoms with Crippen LogP contribution in [0, 0.1) is 0 Å². The summed E-state index contributed by atoms with van der Waals surface area (Å²) in [5, 5.41) is 0.561. The normalized spacial score (nSPS) is 26.0. The summed E-state index contributed by atoms with van der Waals surface area (Å²) in [6.45, 7) is 0. The zero-order valence-electron chi connectivity index (χ0n) is 9.80. The van der Waals surface area contributed by atoms with E-state index >= 15 is 0 Å². The van der Waals surface area contributed by atoms with E-state index in [1.165, 1.54) is 0 Å². The minimum Gasteiger partial charge on any atom is -0.325 e. The van der Waals surface area contributed by atoms with E-state index in [0.29, 0.717) is 17.1 Å². The summed E-state index contributed by atoms with van der Waals surface area (Å²) in [5.74, 6) is -1.61. The first-order chi connectivity index (χ1) is 8.68. The van der Waals surface area contributed by atoms with Crippen LogP contribution in [-0.2, 0) is 19.2 Å². The SMILES string of the molecule is O=C(ON1C(=O)CCC1=O)C1=C/C/C=C\C/C=C\1. The van der Waals surface area contributed by atoms with Gasteiger partial charge in [0.25, 0.3) is 11.8 Å². The maximum absolute atomic E-state index is 11.8. The number of rotatable bonds is 2. The van der Waals surface area contributed by atoms with Gasteiger partial charge in [-0.05, 0) is 12.8 Å². The van der Waals surface area contributed by atoms with E-state index in [9.17, 15) is 14.4 Å². The summed E-state index contributed by atoms with van der Waals surface area (Å²) in [6.07, 6.45) is 10.6. The van der Waals surface area contributed by atoms with Gasteiger partial charge in [-0.3, -0.25) is 9.59 Å². The molecule has 0 atom stereocenters. The highest BCUT2D eigenvalue weighted by Crippen LogP contribution is 2.15. The Morgan fingerprint density at radius 3 is 2.44 bits per heavy atom. The standard InChI is InChI=1S/C13H13NO4/c15-11-8-9-12(16)14(11)18-13(17)10-6-4-2-1-3-5-7-10/h1-2,5-7H,3-4,8-9H2/b2-1-,7-5-,10-6+. The molecular formula is C13H13NO4. The van der Waals surface area contributed by atoms with Crippen molar-refractivity contribution >= 4 is 17.8 Å². The Balaban J connectivity index is 2.05. The molecule has 0 radical (unpaired) electrons. The van der Waals surface area contributed by atoms with Gasteiger partial charge in [-0.2, -0.15) is 0 Å². The van der Waals surface area contributed by atoms with E-state index in [4.69, 9.17) is 4.84 Å². The lowest BCUT2D eigenvalue weighted by molar-refractivity contribution is -0.194. The average Bonchev–Trinajstić information content (AvgIpc) is 2.60. The van der Waals surface area contributed by atoms with Crippen LogP contribution >= 0.6 is 0 Å². The Morgan fingerprint density at radius 1 is 1.06 bits per heavy atom. The lowest BCUT2D eigenvalue weighted by Gasteiger charge is -2.13. The minimum atomic E-state index is -0.676. The summed E-state index contributed by atoms with van der Waals surface area (Å²) < 4.78 is 0. The molecule has 5 nitrogen and oxygen atoms in total. The fourth-order valence-electron chi connectivity index (χ4n) is 1.67. The third-order valence-corrected chi connectivity index (χ3v) is 2.63. The summed E-state index contributed by atoms with van der Waals surface area (Å²) in [5.41, 5.74) is 0.354. The number of hydrogen-bond donors (Lipinski definition) is 0. The summed E-state index contributed by atoms with van der Waals surface area (Å²) in [6, 6.07) is 0. The first-order valence-electron chi connectivity index (χ1n) is 5.78. The van der Waals surface area contributed by atoms with E-state index in [1.54, 1.807) is 12.2 Å². The number of amides is 2. The van der Waals surface area contributed by atoms with Crippen LogP contribution in [0.1, 0.15) is 25.7 Å². The molecule has 1 aliphatic carbocycles. The Hall–Kier alpha value is -2.17. The molecule has 0 unspecified atom stereocenters. The Morgan fingerprint density at radius 2 is 1.72 bits per heavy atom. The summed E-state index contributed by atoms with van der Waals surface area (Å²) in [4.78, 5) is 39.2. The molecule has 0 aromatic rings. The Labute approximate surface area is 104 Å². The largest absolute Gasteiger partial charge is 0.363 e. The van der Waals surface area contributed by atoms with Gasteiger partial charge in [-0.15, -0.1) is 5.06 Å². The van der Waals surface area contributed by atoms with Crippen LogP contribution < -0.4 is 0 Å². The third-order valence-electron chi connectivity index (χ3n) is 2.63. The van der Waals surface area contributed by atoms with Crippen molar-refractivity contribution in [2.24, 2.45) is 0 Å². The highest BCUT2D eigenvalue weighted by Gasteiger charge is 2.33. The van der Waals surface area contributed by atoms with E-state index < -0.39 is 17.8 Å². The molecule has 1 fully saturated rings. The fraction of sp³-hybridized carbons (Fsp3) is 0.308. The van der Waals surface area contributed by atoms with Crippen molar-refractivity contribution in [3.63, 3.8) is 0 Å². The van der Waals surface area contributed by atoms with Crippen molar-refractivity contribution in [1.82, 2.24) is 5.06 Å². The molecule has 18 heavy (non-hydrogen) atoms. The maximum Gasteiger partial charge on any atom is 0.363 e. The van der Waals surface area contributed by atoms with Crippen LogP contribution in [-0.4, -0.2) is 22.8 Å². The molecule has 94 valence electrons. The minimum absolute atomic E-state index is 0.101. The lowest BCUT2D eigenvalue weighted by Crippen LogP contribution is -2.32. The average molecular weight is 247 g/mol. The van der Waals surface area contributed by atoms with Crippen LogP contribution in [0.25, 0.3) is 0 Å². The Kier molecular flexibility index (Phi) is 3.72. The highest BCUT2D eigenvalue weighted by molar-refractivity contribution is 6.03. The molecule has 1 aliphatic heterocycles. The van der Waals surface area contributed by atoms with E-state index in [1.807, 2.05) is 18.2 Å². The van der Waals surface area contributed by atoms with Crippen molar-refractivity contribution in [3.05, 3.63) is 36.0 Å². The van der Waals surface area contributed by atoms with Crippen LogP contribution in [0.15, 0.2) is 36.0 Å². The van der Waals surface area contributed by atoms with E-state index in [-0.39, 0.29) is 12.8 Å². The Bertz CT molecular complexity index is 457. The first kappa shape index (κ1) is 12.3. The molecule has 0 aromatic carbocycles. The molecule has 0 aromatic heterocycles. The van der Waals surface area contributed by atoms with Gasteiger partial charge < -0.3 is 4.84 Å². The van der Waals surface area contributed by atoms with Gasteiger partial charge >= 0.3 is 5.97 Å². The van der Waals surface area contributed by atoms with Gasteiger partial charge in [-0.1, -0.05) is 30.4 Å². The van der Waals surface area contributed by atoms with Gasteiger partial charge in [0, 0.05) is 12.8 Å². The molecule has 0 spiro atoms. The molecular weight excluding hydrogens is 234 g/mol. The predicted molar refractivity (Wildman–Crippen MR) is 62.8 cm³/mol. The third kappa shape index (κ3) is 2.74. The van der Waals surface area contributed by atoms with Gasteiger partial charge in [0.2, 0.25) is 0 Å². The second-order valence-electron chi connectivity index (χ2n) is 3.97. The molecule has 0 N–H and O–H groups in total. The summed E-state index contributed by atoms with van der Waals surface area (Å²) in [7, 11) is 0. The van der Waals surface area contributed by atoms with Crippen LogP contribution in [0.2, 0.25) is 0 Å². The maximum atomic E-state index is 11.8. The number of carbonyl (C=O) groups is 3. The number of carbonyl (C=O) groups excluding carboxylic acids is 3. The van der Waals surface area contributed by atoms with Gasteiger partial charge in [0.15, 0.2) is 0 Å². The lowest BCUT2D eigenvalue weighted by atomic mass is 10.1. The smallest absolute Gasteiger partial charge is 0.325 e.